The van der Waals surface area contributed by atoms with E-state index in [-0.39, 0.29) is 25.2 Å². The Bertz CT molecular complexity index is 546. The standard InChI is InChI=1S/C39H76O4.C2H6O2/c1-3-5-7-9-11-13-15-17-19-21-23-25-27-29-31-34-38(40)42-36-33-37-43-39(41)35-32-30-28-26-24-22-20-18-16-14-12-10-8-6-4-2;3-1-2-4/h3-37H2,1-2H3;3-4H,1-2H2. The molecule has 282 valence electrons. The quantitative estimate of drug-likeness (QED) is 0.0505. The van der Waals surface area contributed by atoms with E-state index in [4.69, 9.17) is 19.7 Å². The lowest BCUT2D eigenvalue weighted by molar-refractivity contribution is -0.146. The van der Waals surface area contributed by atoms with Crippen LogP contribution in [0.2, 0.25) is 0 Å². The highest BCUT2D eigenvalue weighted by molar-refractivity contribution is 5.69. The van der Waals surface area contributed by atoms with Gasteiger partial charge in [-0.05, 0) is 12.8 Å². The second-order valence-corrected chi connectivity index (χ2v) is 13.6. The molecule has 0 aliphatic rings. The number of aliphatic hydroxyl groups is 2. The molecule has 0 bridgehead atoms. The van der Waals surface area contributed by atoms with Crippen LogP contribution >= 0.6 is 0 Å². The molecule has 0 spiro atoms. The Morgan fingerprint density at radius 3 is 0.766 bits per heavy atom. The SMILES string of the molecule is CCCCCCCCCCCCCCCCCC(=O)OCCCOC(=O)CCCCCCCCCCCCCCCCC.OCCO. The fourth-order valence-corrected chi connectivity index (χ4v) is 5.86. The topological polar surface area (TPSA) is 93.1 Å². The molecule has 6 heteroatoms. The van der Waals surface area contributed by atoms with Crippen molar-refractivity contribution in [1.82, 2.24) is 0 Å². The van der Waals surface area contributed by atoms with Crippen molar-refractivity contribution in [2.75, 3.05) is 26.4 Å². The number of rotatable bonds is 37. The van der Waals surface area contributed by atoms with Gasteiger partial charge in [0, 0.05) is 19.3 Å². The highest BCUT2D eigenvalue weighted by atomic mass is 16.5. The summed E-state index contributed by atoms with van der Waals surface area (Å²) in [6.07, 6.45) is 41.4. The molecule has 0 aromatic heterocycles. The van der Waals surface area contributed by atoms with Gasteiger partial charge in [-0.2, -0.15) is 0 Å². The van der Waals surface area contributed by atoms with Gasteiger partial charge >= 0.3 is 11.9 Å². The number of aliphatic hydroxyl groups excluding tert-OH is 2. The van der Waals surface area contributed by atoms with Crippen molar-refractivity contribution < 1.29 is 29.3 Å². The van der Waals surface area contributed by atoms with Crippen molar-refractivity contribution >= 4 is 11.9 Å². The molecule has 0 heterocycles. The predicted octanol–water partition coefficient (Wildman–Crippen LogP) is 12.0. The minimum Gasteiger partial charge on any atom is -0.466 e. The van der Waals surface area contributed by atoms with E-state index in [2.05, 4.69) is 13.8 Å². The first-order chi connectivity index (χ1) is 23.1. The second-order valence-electron chi connectivity index (χ2n) is 13.6. The van der Waals surface area contributed by atoms with Gasteiger partial charge in [0.1, 0.15) is 0 Å². The molecule has 0 radical (unpaired) electrons. The molecule has 0 atom stereocenters. The zero-order chi connectivity index (χ0) is 34.7. The van der Waals surface area contributed by atoms with E-state index in [1.54, 1.807) is 0 Å². The average molecular weight is 671 g/mol. The van der Waals surface area contributed by atoms with Gasteiger partial charge in [0.05, 0.1) is 26.4 Å². The van der Waals surface area contributed by atoms with E-state index in [1.807, 2.05) is 0 Å². The van der Waals surface area contributed by atoms with Gasteiger partial charge in [0.25, 0.3) is 0 Å². The number of esters is 2. The summed E-state index contributed by atoms with van der Waals surface area (Å²) in [5, 5.41) is 15.2. The first kappa shape index (κ1) is 48.0. The van der Waals surface area contributed by atoms with E-state index >= 15 is 0 Å². The molecule has 0 saturated heterocycles. The fraction of sp³-hybridized carbons (Fsp3) is 0.951. The average Bonchev–Trinajstić information content (AvgIpc) is 3.08. The van der Waals surface area contributed by atoms with Crippen molar-refractivity contribution in [3.05, 3.63) is 0 Å². The Kier molecular flexibility index (Phi) is 45.8. The minimum atomic E-state index is -0.125. The van der Waals surface area contributed by atoms with Gasteiger partial charge in [-0.3, -0.25) is 9.59 Å². The molecule has 0 unspecified atom stereocenters. The Morgan fingerprint density at radius 2 is 0.553 bits per heavy atom. The smallest absolute Gasteiger partial charge is 0.305 e. The molecule has 0 saturated carbocycles. The van der Waals surface area contributed by atoms with Crippen LogP contribution in [0.15, 0.2) is 0 Å². The van der Waals surface area contributed by atoms with Gasteiger partial charge < -0.3 is 19.7 Å². The molecule has 47 heavy (non-hydrogen) atoms. The molecule has 0 fully saturated rings. The lowest BCUT2D eigenvalue weighted by atomic mass is 10.0. The summed E-state index contributed by atoms with van der Waals surface area (Å²) < 4.78 is 10.6. The molecule has 0 aliphatic heterocycles. The van der Waals surface area contributed by atoms with Crippen LogP contribution in [0.5, 0.6) is 0 Å². The van der Waals surface area contributed by atoms with Crippen LogP contribution < -0.4 is 0 Å². The monoisotopic (exact) mass is 671 g/mol. The van der Waals surface area contributed by atoms with Gasteiger partial charge in [-0.25, -0.2) is 0 Å². The van der Waals surface area contributed by atoms with E-state index in [1.165, 1.54) is 167 Å². The fourth-order valence-electron chi connectivity index (χ4n) is 5.86. The largest absolute Gasteiger partial charge is 0.466 e. The lowest BCUT2D eigenvalue weighted by Crippen LogP contribution is -2.10. The van der Waals surface area contributed by atoms with E-state index in [0.29, 0.717) is 32.5 Å². The summed E-state index contributed by atoms with van der Waals surface area (Å²) in [5.41, 5.74) is 0. The Labute approximate surface area is 292 Å². The first-order valence-electron chi connectivity index (χ1n) is 20.6. The van der Waals surface area contributed by atoms with Crippen molar-refractivity contribution in [2.45, 2.75) is 226 Å². The number of carbonyl (C=O) groups is 2. The third-order valence-corrected chi connectivity index (χ3v) is 8.88. The van der Waals surface area contributed by atoms with Gasteiger partial charge in [0.15, 0.2) is 0 Å². The van der Waals surface area contributed by atoms with Crippen LogP contribution in [-0.2, 0) is 19.1 Å². The molecule has 0 aromatic carbocycles. The number of ether oxygens (including phenoxy) is 2. The lowest BCUT2D eigenvalue weighted by Gasteiger charge is -2.07. The molecule has 2 N–H and O–H groups in total. The first-order valence-corrected chi connectivity index (χ1v) is 20.6. The van der Waals surface area contributed by atoms with Gasteiger partial charge in [-0.1, -0.05) is 194 Å². The highest BCUT2D eigenvalue weighted by Gasteiger charge is 2.05. The maximum atomic E-state index is 11.9. The maximum absolute atomic E-state index is 11.9. The summed E-state index contributed by atoms with van der Waals surface area (Å²) in [6.45, 7) is 5.01. The van der Waals surface area contributed by atoms with Crippen LogP contribution in [0.1, 0.15) is 226 Å². The molecule has 0 amide bonds. The normalized spacial score (nSPS) is 10.9. The summed E-state index contributed by atoms with van der Waals surface area (Å²) in [6, 6.07) is 0. The minimum absolute atomic E-state index is 0.112. The maximum Gasteiger partial charge on any atom is 0.305 e. The molecular formula is C41H82O6. The summed E-state index contributed by atoms with van der Waals surface area (Å²) in [4.78, 5) is 23.8. The number of hydrogen-bond donors (Lipinski definition) is 2. The Balaban J connectivity index is 0. The van der Waals surface area contributed by atoms with Crippen LogP contribution in [-0.4, -0.2) is 48.6 Å². The molecule has 0 rings (SSSR count). The predicted molar refractivity (Wildman–Crippen MR) is 200 cm³/mol. The molecule has 0 aromatic rings. The summed E-state index contributed by atoms with van der Waals surface area (Å²) in [5.74, 6) is -0.224. The zero-order valence-electron chi connectivity index (χ0n) is 31.7. The number of unbranched alkanes of at least 4 members (excludes halogenated alkanes) is 28. The van der Waals surface area contributed by atoms with E-state index in [0.717, 1.165) is 25.7 Å². The second kappa shape index (κ2) is 44.9. The van der Waals surface area contributed by atoms with E-state index < -0.39 is 0 Å². The van der Waals surface area contributed by atoms with Crippen molar-refractivity contribution in [3.8, 4) is 0 Å². The number of carbonyl (C=O) groups excluding carboxylic acids is 2. The summed E-state index contributed by atoms with van der Waals surface area (Å²) >= 11 is 0. The number of hydrogen-bond acceptors (Lipinski definition) is 6. The van der Waals surface area contributed by atoms with Crippen LogP contribution in [0.25, 0.3) is 0 Å². The van der Waals surface area contributed by atoms with E-state index in [9.17, 15) is 9.59 Å². The Morgan fingerprint density at radius 1 is 0.340 bits per heavy atom. The third-order valence-electron chi connectivity index (χ3n) is 8.88. The Hall–Kier alpha value is -1.14. The van der Waals surface area contributed by atoms with Crippen molar-refractivity contribution in [2.24, 2.45) is 0 Å². The van der Waals surface area contributed by atoms with Crippen molar-refractivity contribution in [1.29, 1.82) is 0 Å². The molecule has 6 nitrogen and oxygen atoms in total. The van der Waals surface area contributed by atoms with Crippen LogP contribution in [0.4, 0.5) is 0 Å². The third kappa shape index (κ3) is 47.0. The highest BCUT2D eigenvalue weighted by Crippen LogP contribution is 2.15. The van der Waals surface area contributed by atoms with Gasteiger partial charge in [0.2, 0.25) is 0 Å². The van der Waals surface area contributed by atoms with Crippen molar-refractivity contribution in [3.63, 3.8) is 0 Å². The van der Waals surface area contributed by atoms with Gasteiger partial charge in [-0.15, -0.1) is 0 Å². The molecular weight excluding hydrogens is 588 g/mol. The zero-order valence-corrected chi connectivity index (χ0v) is 31.7. The van der Waals surface area contributed by atoms with Crippen LogP contribution in [0.3, 0.4) is 0 Å². The van der Waals surface area contributed by atoms with Crippen LogP contribution in [0, 0.1) is 0 Å². The molecule has 0 aliphatic carbocycles. The summed E-state index contributed by atoms with van der Waals surface area (Å²) in [7, 11) is 0.